The van der Waals surface area contributed by atoms with Crippen LogP contribution in [-0.4, -0.2) is 23.2 Å². The maximum atomic E-state index is 6.05. The summed E-state index contributed by atoms with van der Waals surface area (Å²) in [5, 5.41) is 6.84. The Kier molecular flexibility index (Phi) is 5.63. The van der Waals surface area contributed by atoms with Crippen molar-refractivity contribution in [3.8, 4) is 22.5 Å². The minimum atomic E-state index is 0.517. The number of nitrogens with zero attached hydrogens (tertiary/aromatic N) is 4. The third kappa shape index (κ3) is 4.68. The summed E-state index contributed by atoms with van der Waals surface area (Å²) in [6.45, 7) is 0. The minimum Gasteiger partial charge on any atom is -0.235 e. The van der Waals surface area contributed by atoms with Crippen molar-refractivity contribution >= 4 is 23.8 Å². The molecule has 5 heteroatoms. The lowest BCUT2D eigenvalue weighted by Crippen LogP contribution is -2.13. The van der Waals surface area contributed by atoms with Crippen molar-refractivity contribution in [2.45, 2.75) is 0 Å². The Morgan fingerprint density at radius 2 is 1.34 bits per heavy atom. The molecule has 0 saturated carbocycles. The van der Waals surface area contributed by atoms with Crippen LogP contribution in [0.4, 0.5) is 5.95 Å². The lowest BCUT2D eigenvalue weighted by molar-refractivity contribution is 0.938. The normalized spacial score (nSPS) is 11.0. The molecule has 0 amide bonds. The van der Waals surface area contributed by atoms with E-state index in [2.05, 4.69) is 5.10 Å². The Labute approximate surface area is 175 Å². The zero-order chi connectivity index (χ0) is 20.1. The summed E-state index contributed by atoms with van der Waals surface area (Å²) in [5.74, 6) is 0.517. The highest BCUT2D eigenvalue weighted by atomic mass is 35.5. The molecule has 1 aromatic heterocycles. The van der Waals surface area contributed by atoms with Gasteiger partial charge in [-0.05, 0) is 23.8 Å². The quantitative estimate of drug-likeness (QED) is 0.309. The Balaban J connectivity index is 1.73. The highest BCUT2D eigenvalue weighted by Crippen LogP contribution is 2.26. The molecule has 142 valence electrons. The molecule has 0 fully saturated rings. The Hall–Kier alpha value is -3.50. The summed E-state index contributed by atoms with van der Waals surface area (Å²) in [4.78, 5) is 9.47. The number of halogens is 1. The van der Waals surface area contributed by atoms with Gasteiger partial charge in [-0.3, -0.25) is 0 Å². The molecule has 4 nitrogen and oxygen atoms in total. The predicted molar refractivity (Wildman–Crippen MR) is 120 cm³/mol. The zero-order valence-electron chi connectivity index (χ0n) is 15.9. The number of aromatic nitrogens is 2. The number of hydrogen-bond acceptors (Lipinski definition) is 4. The highest BCUT2D eigenvalue weighted by Gasteiger charge is 2.11. The molecule has 4 rings (SSSR count). The molecule has 4 aromatic rings. The molecular weight excluding hydrogens is 380 g/mol. The van der Waals surface area contributed by atoms with Crippen molar-refractivity contribution < 1.29 is 0 Å². The molecule has 0 spiro atoms. The van der Waals surface area contributed by atoms with Gasteiger partial charge in [-0.2, -0.15) is 5.10 Å². The fourth-order valence-electron chi connectivity index (χ4n) is 2.88. The minimum absolute atomic E-state index is 0.517. The van der Waals surface area contributed by atoms with E-state index < -0.39 is 0 Å². The van der Waals surface area contributed by atoms with Crippen LogP contribution in [0.15, 0.2) is 96.1 Å². The van der Waals surface area contributed by atoms with Gasteiger partial charge in [-0.15, -0.1) is 0 Å². The molecular formula is C24H19ClN4. The molecule has 29 heavy (non-hydrogen) atoms. The lowest BCUT2D eigenvalue weighted by Gasteiger charge is -2.14. The van der Waals surface area contributed by atoms with Gasteiger partial charge in [0.25, 0.3) is 0 Å². The smallest absolute Gasteiger partial charge is 0.235 e. The van der Waals surface area contributed by atoms with Gasteiger partial charge in [-0.1, -0.05) is 84.4 Å². The van der Waals surface area contributed by atoms with Crippen LogP contribution < -0.4 is 5.01 Å². The first-order chi connectivity index (χ1) is 14.2. The van der Waals surface area contributed by atoms with Crippen molar-refractivity contribution in [3.05, 3.63) is 102 Å². The number of hydrazone groups is 1. The average molecular weight is 399 g/mol. The van der Waals surface area contributed by atoms with E-state index in [0.717, 1.165) is 28.1 Å². The zero-order valence-corrected chi connectivity index (χ0v) is 16.7. The molecule has 0 aliphatic heterocycles. The summed E-state index contributed by atoms with van der Waals surface area (Å²) >= 11 is 6.05. The summed E-state index contributed by atoms with van der Waals surface area (Å²) in [6.07, 6.45) is 1.74. The Morgan fingerprint density at radius 3 is 1.90 bits per heavy atom. The lowest BCUT2D eigenvalue weighted by atomic mass is 10.1. The number of rotatable bonds is 5. The number of benzene rings is 3. The molecule has 0 aliphatic carbocycles. The molecule has 0 aliphatic rings. The highest BCUT2D eigenvalue weighted by molar-refractivity contribution is 6.30. The van der Waals surface area contributed by atoms with Crippen molar-refractivity contribution in [1.82, 2.24) is 9.97 Å². The molecule has 3 aromatic carbocycles. The van der Waals surface area contributed by atoms with Gasteiger partial charge in [0.15, 0.2) is 0 Å². The summed E-state index contributed by atoms with van der Waals surface area (Å²) < 4.78 is 0. The van der Waals surface area contributed by atoms with Crippen molar-refractivity contribution in [2.24, 2.45) is 5.10 Å². The van der Waals surface area contributed by atoms with Gasteiger partial charge in [0, 0.05) is 23.2 Å². The third-order valence-corrected chi connectivity index (χ3v) is 4.61. The van der Waals surface area contributed by atoms with E-state index >= 15 is 0 Å². The summed E-state index contributed by atoms with van der Waals surface area (Å²) in [5.41, 5.74) is 4.66. The third-order valence-electron chi connectivity index (χ3n) is 4.37. The molecule has 0 N–H and O–H groups in total. The average Bonchev–Trinajstić information content (AvgIpc) is 2.78. The Bertz CT molecular complexity index is 1070. The van der Waals surface area contributed by atoms with Gasteiger partial charge < -0.3 is 0 Å². The fourth-order valence-corrected chi connectivity index (χ4v) is 3.08. The monoisotopic (exact) mass is 398 g/mol. The second-order valence-corrected chi connectivity index (χ2v) is 6.93. The van der Waals surface area contributed by atoms with Gasteiger partial charge in [0.2, 0.25) is 5.95 Å². The summed E-state index contributed by atoms with van der Waals surface area (Å²) in [6, 6.07) is 29.7. The van der Waals surface area contributed by atoms with Crippen LogP contribution in [0.1, 0.15) is 5.56 Å². The van der Waals surface area contributed by atoms with E-state index in [1.54, 1.807) is 11.2 Å². The molecule has 0 bridgehead atoms. The molecule has 1 heterocycles. The van der Waals surface area contributed by atoms with Crippen molar-refractivity contribution in [2.75, 3.05) is 12.1 Å². The van der Waals surface area contributed by atoms with Crippen LogP contribution in [0, 0.1) is 0 Å². The molecule has 0 radical (unpaired) electrons. The standard InChI is InChI=1S/C24H19ClN4/c1-29(26-17-18-9-8-14-21(25)15-18)24-27-22(19-10-4-2-5-11-19)16-23(28-24)20-12-6-3-7-13-20/h2-17H,1H3/b26-17+. The maximum Gasteiger partial charge on any atom is 0.247 e. The predicted octanol–water partition coefficient (Wildman–Crippen LogP) is 5.93. The molecule has 0 unspecified atom stereocenters. The van der Waals surface area contributed by atoms with Crippen LogP contribution >= 0.6 is 11.6 Å². The van der Waals surface area contributed by atoms with Gasteiger partial charge >= 0.3 is 0 Å². The van der Waals surface area contributed by atoms with Crippen LogP contribution in [0.2, 0.25) is 5.02 Å². The van der Waals surface area contributed by atoms with Crippen LogP contribution in [-0.2, 0) is 0 Å². The van der Waals surface area contributed by atoms with E-state index in [1.165, 1.54) is 0 Å². The van der Waals surface area contributed by atoms with E-state index in [0.29, 0.717) is 11.0 Å². The molecule has 0 saturated heterocycles. The first-order valence-corrected chi connectivity index (χ1v) is 9.60. The summed E-state index contributed by atoms with van der Waals surface area (Å²) in [7, 11) is 1.83. The number of hydrogen-bond donors (Lipinski definition) is 0. The second-order valence-electron chi connectivity index (χ2n) is 6.49. The SMILES string of the molecule is CN(/N=C/c1cccc(Cl)c1)c1nc(-c2ccccc2)cc(-c2ccccc2)n1. The van der Waals surface area contributed by atoms with E-state index in [4.69, 9.17) is 21.6 Å². The molecule has 0 atom stereocenters. The first-order valence-electron chi connectivity index (χ1n) is 9.22. The van der Waals surface area contributed by atoms with Crippen LogP contribution in [0.25, 0.3) is 22.5 Å². The largest absolute Gasteiger partial charge is 0.247 e. The fraction of sp³-hybridized carbons (Fsp3) is 0.0417. The van der Waals surface area contributed by atoms with Crippen LogP contribution in [0.3, 0.4) is 0 Å². The van der Waals surface area contributed by atoms with Gasteiger partial charge in [0.05, 0.1) is 17.6 Å². The number of anilines is 1. The van der Waals surface area contributed by atoms with Gasteiger partial charge in [-0.25, -0.2) is 15.0 Å². The van der Waals surface area contributed by atoms with E-state index in [-0.39, 0.29) is 0 Å². The van der Waals surface area contributed by atoms with E-state index in [1.807, 2.05) is 98.0 Å². The topological polar surface area (TPSA) is 41.4 Å². The van der Waals surface area contributed by atoms with Crippen molar-refractivity contribution in [1.29, 1.82) is 0 Å². The first kappa shape index (κ1) is 18.8. The van der Waals surface area contributed by atoms with Crippen molar-refractivity contribution in [3.63, 3.8) is 0 Å². The second kappa shape index (κ2) is 8.67. The van der Waals surface area contributed by atoms with Crippen LogP contribution in [0.5, 0.6) is 0 Å². The van der Waals surface area contributed by atoms with E-state index in [9.17, 15) is 0 Å². The maximum absolute atomic E-state index is 6.05. The Morgan fingerprint density at radius 1 is 0.759 bits per heavy atom. The van der Waals surface area contributed by atoms with Gasteiger partial charge in [0.1, 0.15) is 0 Å².